The molecular weight excluding hydrogens is 513 g/mol. The molecule has 0 aliphatic carbocycles. The van der Waals surface area contributed by atoms with Crippen molar-refractivity contribution in [3.8, 4) is 17.2 Å². The van der Waals surface area contributed by atoms with Crippen molar-refractivity contribution < 1.29 is 31.9 Å². The zero-order valence-electron chi connectivity index (χ0n) is 21.6. The lowest BCUT2D eigenvalue weighted by Gasteiger charge is -2.36. The van der Waals surface area contributed by atoms with E-state index < -0.39 is 17.9 Å². The quantitative estimate of drug-likeness (QED) is 0.361. The van der Waals surface area contributed by atoms with Crippen molar-refractivity contribution in [2.75, 3.05) is 20.8 Å². The highest BCUT2D eigenvalue weighted by molar-refractivity contribution is 5.98. The van der Waals surface area contributed by atoms with E-state index in [1.807, 2.05) is 24.3 Å². The van der Waals surface area contributed by atoms with Gasteiger partial charge < -0.3 is 24.5 Å². The number of rotatable bonds is 6. The Balaban J connectivity index is 1.60. The Morgan fingerprint density at radius 1 is 1.13 bits per heavy atom. The van der Waals surface area contributed by atoms with E-state index in [1.54, 1.807) is 25.0 Å². The number of ether oxygens (including phenoxy) is 2. The molecule has 204 valence electrons. The van der Waals surface area contributed by atoms with E-state index >= 15 is 0 Å². The monoisotopic (exact) mass is 540 g/mol. The van der Waals surface area contributed by atoms with Gasteiger partial charge in [0.25, 0.3) is 5.91 Å². The molecule has 0 unspecified atom stereocenters. The number of benzene rings is 2. The minimum atomic E-state index is -4.63. The second-order valence-corrected chi connectivity index (χ2v) is 9.44. The fourth-order valence-electron chi connectivity index (χ4n) is 4.91. The number of hydrogen-bond acceptors (Lipinski definition) is 7. The smallest absolute Gasteiger partial charge is 0.433 e. The number of nitrogens with zero attached hydrogens (tertiary/aromatic N) is 3. The number of carbonyl (C=O) groups is 1. The van der Waals surface area contributed by atoms with Crippen LogP contribution in [0.2, 0.25) is 0 Å². The maximum absolute atomic E-state index is 13.9. The van der Waals surface area contributed by atoms with Crippen LogP contribution in [0.4, 0.5) is 13.2 Å². The summed E-state index contributed by atoms with van der Waals surface area (Å²) in [7, 11) is 2.93. The van der Waals surface area contributed by atoms with E-state index in [1.165, 1.54) is 19.2 Å². The third-order valence-electron chi connectivity index (χ3n) is 6.81. The molecule has 1 aliphatic rings. The van der Waals surface area contributed by atoms with Crippen LogP contribution < -0.4 is 10.5 Å². The largest absolute Gasteiger partial charge is 0.494 e. The lowest BCUT2D eigenvalue weighted by molar-refractivity contribution is -0.140. The van der Waals surface area contributed by atoms with Gasteiger partial charge in [-0.2, -0.15) is 13.2 Å². The predicted molar refractivity (Wildman–Crippen MR) is 137 cm³/mol. The standard InChI is InChI=1S/C28H27F3N4O4/c1-15(32)25-24(27(36)35-13-17-7-5-4-6-16(17)12-18(35)14-37-2)34-26(39-25)20-8-10-21(38-3)23-19(20)9-11-22(33-23)28(29,30)31/h4-11,15,18H,12-14,32H2,1-3H3/t15-,18-/m0/s1. The van der Waals surface area contributed by atoms with Crippen molar-refractivity contribution in [3.63, 3.8) is 0 Å². The molecule has 39 heavy (non-hydrogen) atoms. The van der Waals surface area contributed by atoms with Crippen LogP contribution in [-0.4, -0.2) is 47.6 Å². The molecule has 1 aliphatic heterocycles. The highest BCUT2D eigenvalue weighted by Gasteiger charge is 2.36. The number of amides is 1. The number of oxazole rings is 1. The van der Waals surface area contributed by atoms with E-state index in [0.29, 0.717) is 30.5 Å². The summed E-state index contributed by atoms with van der Waals surface area (Å²) >= 11 is 0. The predicted octanol–water partition coefficient (Wildman–Crippen LogP) is 5.15. The van der Waals surface area contributed by atoms with E-state index in [4.69, 9.17) is 19.6 Å². The summed E-state index contributed by atoms with van der Waals surface area (Å²) in [6, 6.07) is 12.2. The number of carbonyl (C=O) groups excluding carboxylic acids is 1. The summed E-state index contributed by atoms with van der Waals surface area (Å²) in [5.41, 5.74) is 7.69. The van der Waals surface area contributed by atoms with Gasteiger partial charge in [0.1, 0.15) is 17.0 Å². The van der Waals surface area contributed by atoms with Crippen molar-refractivity contribution in [3.05, 3.63) is 76.8 Å². The Morgan fingerprint density at radius 3 is 2.54 bits per heavy atom. The topological polar surface area (TPSA) is 104 Å². The molecular formula is C28H27F3N4O4. The van der Waals surface area contributed by atoms with Gasteiger partial charge in [-0.15, -0.1) is 0 Å². The Bertz CT molecular complexity index is 1530. The molecule has 8 nitrogen and oxygen atoms in total. The summed E-state index contributed by atoms with van der Waals surface area (Å²) in [6.45, 7) is 2.36. The number of methoxy groups -OCH3 is 2. The lowest BCUT2D eigenvalue weighted by atomic mass is 9.94. The normalized spacial score (nSPS) is 16.3. The van der Waals surface area contributed by atoms with Gasteiger partial charge in [-0.05, 0) is 48.7 Å². The fourth-order valence-corrected chi connectivity index (χ4v) is 4.91. The van der Waals surface area contributed by atoms with Gasteiger partial charge in [-0.3, -0.25) is 4.79 Å². The first-order valence-corrected chi connectivity index (χ1v) is 12.3. The van der Waals surface area contributed by atoms with Gasteiger partial charge in [-0.1, -0.05) is 24.3 Å². The molecule has 0 bridgehead atoms. The van der Waals surface area contributed by atoms with Gasteiger partial charge >= 0.3 is 6.18 Å². The van der Waals surface area contributed by atoms with Gasteiger partial charge in [0.15, 0.2) is 11.5 Å². The fraction of sp³-hybridized carbons (Fsp3) is 0.321. The van der Waals surface area contributed by atoms with Crippen molar-refractivity contribution in [2.24, 2.45) is 5.73 Å². The van der Waals surface area contributed by atoms with Crippen LogP contribution in [0, 0.1) is 0 Å². The molecule has 0 saturated carbocycles. The average Bonchev–Trinajstić information content (AvgIpc) is 3.37. The summed E-state index contributed by atoms with van der Waals surface area (Å²) in [4.78, 5) is 23.9. The van der Waals surface area contributed by atoms with Crippen molar-refractivity contribution in [1.82, 2.24) is 14.9 Å². The van der Waals surface area contributed by atoms with E-state index in [2.05, 4.69) is 9.97 Å². The zero-order chi connectivity index (χ0) is 27.9. The minimum absolute atomic E-state index is 0.00829. The summed E-state index contributed by atoms with van der Waals surface area (Å²) in [6.07, 6.45) is -4.02. The van der Waals surface area contributed by atoms with Gasteiger partial charge in [0, 0.05) is 24.6 Å². The van der Waals surface area contributed by atoms with Crippen LogP contribution in [-0.2, 0) is 23.9 Å². The van der Waals surface area contributed by atoms with Crippen LogP contribution >= 0.6 is 0 Å². The lowest BCUT2D eigenvalue weighted by Crippen LogP contribution is -2.47. The van der Waals surface area contributed by atoms with Crippen LogP contribution in [0.15, 0.2) is 52.9 Å². The van der Waals surface area contributed by atoms with E-state index in [9.17, 15) is 18.0 Å². The Hall–Kier alpha value is -3.96. The molecule has 3 heterocycles. The molecule has 0 fully saturated rings. The molecule has 5 rings (SSSR count). The van der Waals surface area contributed by atoms with Gasteiger partial charge in [-0.25, -0.2) is 9.97 Å². The molecule has 2 aromatic carbocycles. The SMILES string of the molecule is COC[C@@H]1Cc2ccccc2CN1C(=O)c1nc(-c2ccc(OC)c3nc(C(F)(F)F)ccc23)oc1[C@H](C)N. The van der Waals surface area contributed by atoms with Crippen molar-refractivity contribution >= 4 is 16.8 Å². The van der Waals surface area contributed by atoms with Gasteiger partial charge in [0.2, 0.25) is 5.89 Å². The van der Waals surface area contributed by atoms with Gasteiger partial charge in [0.05, 0.1) is 25.8 Å². The number of pyridine rings is 1. The summed E-state index contributed by atoms with van der Waals surface area (Å²) in [5.74, 6) is 0.00286. The highest BCUT2D eigenvalue weighted by atomic mass is 19.4. The number of fused-ring (bicyclic) bond motifs is 2. The number of aromatic nitrogens is 2. The molecule has 0 saturated heterocycles. The number of nitrogens with two attached hydrogens (primary N) is 1. The highest BCUT2D eigenvalue weighted by Crippen LogP contribution is 2.38. The summed E-state index contributed by atoms with van der Waals surface area (Å²) in [5, 5.41) is 0.322. The molecule has 2 aromatic heterocycles. The first kappa shape index (κ1) is 26.6. The van der Waals surface area contributed by atoms with Crippen LogP contribution in [0.3, 0.4) is 0 Å². The average molecular weight is 541 g/mol. The van der Waals surface area contributed by atoms with Crippen molar-refractivity contribution in [1.29, 1.82) is 0 Å². The number of hydrogen-bond donors (Lipinski definition) is 1. The van der Waals surface area contributed by atoms with Crippen LogP contribution in [0.25, 0.3) is 22.4 Å². The molecule has 11 heteroatoms. The van der Waals surface area contributed by atoms with Crippen LogP contribution in [0.1, 0.15) is 46.0 Å². The van der Waals surface area contributed by atoms with E-state index in [0.717, 1.165) is 17.2 Å². The number of alkyl halides is 3. The first-order chi connectivity index (χ1) is 18.6. The molecule has 4 aromatic rings. The van der Waals surface area contributed by atoms with Crippen LogP contribution in [0.5, 0.6) is 5.75 Å². The molecule has 2 N–H and O–H groups in total. The second-order valence-electron chi connectivity index (χ2n) is 9.44. The molecule has 0 radical (unpaired) electrons. The zero-order valence-corrected chi connectivity index (χ0v) is 21.6. The Labute approximate surface area is 222 Å². The molecule has 0 spiro atoms. The molecule has 1 amide bonds. The Morgan fingerprint density at radius 2 is 1.87 bits per heavy atom. The number of halogens is 3. The van der Waals surface area contributed by atoms with Crippen molar-refractivity contribution in [2.45, 2.75) is 38.1 Å². The maximum atomic E-state index is 13.9. The second kappa shape index (κ2) is 10.3. The molecule has 2 atom stereocenters. The summed E-state index contributed by atoms with van der Waals surface area (Å²) < 4.78 is 56.8. The minimum Gasteiger partial charge on any atom is -0.494 e. The first-order valence-electron chi connectivity index (χ1n) is 12.3. The maximum Gasteiger partial charge on any atom is 0.433 e. The third-order valence-corrected chi connectivity index (χ3v) is 6.81. The third kappa shape index (κ3) is 4.95. The van der Waals surface area contributed by atoms with E-state index in [-0.39, 0.29) is 40.6 Å². The Kier molecular flexibility index (Phi) is 7.04.